The van der Waals surface area contributed by atoms with E-state index in [1.165, 1.54) is 6.92 Å². The molecule has 0 atom stereocenters. The van der Waals surface area contributed by atoms with Gasteiger partial charge >= 0.3 is 22.2 Å². The predicted octanol–water partition coefficient (Wildman–Crippen LogP) is 2.67. The van der Waals surface area contributed by atoms with E-state index < -0.39 is 50.7 Å². The number of hydrogen-bond acceptors (Lipinski definition) is 6. The summed E-state index contributed by atoms with van der Waals surface area (Å²) in [4.78, 5) is 19.5. The molecule has 0 aliphatic heterocycles. The molecule has 160 valence electrons. The smallest absolute Gasteiger partial charge is 0.418 e. The fourth-order valence-electron chi connectivity index (χ4n) is 3.02. The average Bonchev–Trinajstić information content (AvgIpc) is 3.06. The molecule has 0 unspecified atom stereocenters. The molecule has 30 heavy (non-hydrogen) atoms. The number of nitrogens with zero attached hydrogens (tertiary/aromatic N) is 5. The van der Waals surface area contributed by atoms with E-state index in [1.54, 1.807) is 19.9 Å². The predicted molar refractivity (Wildman–Crippen MR) is 98.9 cm³/mol. The number of anilines is 1. The molecule has 0 saturated carbocycles. The van der Waals surface area contributed by atoms with Crippen LogP contribution in [0.3, 0.4) is 0 Å². The summed E-state index contributed by atoms with van der Waals surface area (Å²) in [5.41, 5.74) is -2.17. The van der Waals surface area contributed by atoms with Crippen molar-refractivity contribution >= 4 is 27.5 Å². The third-order valence-electron chi connectivity index (χ3n) is 4.23. The Morgan fingerprint density at radius 3 is 2.47 bits per heavy atom. The first-order chi connectivity index (χ1) is 13.9. The van der Waals surface area contributed by atoms with Crippen LogP contribution in [0.1, 0.15) is 34.2 Å². The molecule has 0 aliphatic carbocycles. The lowest BCUT2D eigenvalue weighted by Gasteiger charge is -2.26. The fraction of sp³-hybridized carbons (Fsp3) is 0.294. The van der Waals surface area contributed by atoms with E-state index in [9.17, 15) is 31.5 Å². The molecular formula is C17H16F3N5O4S. The number of fused-ring (bicyclic) bond motifs is 1. The van der Waals surface area contributed by atoms with E-state index >= 15 is 0 Å². The Labute approximate surface area is 168 Å². The maximum Gasteiger partial charge on any atom is 0.418 e. The van der Waals surface area contributed by atoms with Crippen molar-refractivity contribution in [3.05, 3.63) is 46.8 Å². The summed E-state index contributed by atoms with van der Waals surface area (Å²) in [5, 5.41) is 12.5. The van der Waals surface area contributed by atoms with Crippen molar-refractivity contribution in [1.29, 1.82) is 0 Å². The third-order valence-corrected chi connectivity index (χ3v) is 5.88. The number of alkyl halides is 3. The number of hydrogen-bond donors (Lipinski definition) is 1. The lowest BCUT2D eigenvalue weighted by Crippen LogP contribution is -2.35. The Morgan fingerprint density at radius 1 is 1.23 bits per heavy atom. The van der Waals surface area contributed by atoms with Crippen LogP contribution >= 0.6 is 0 Å². The highest BCUT2D eigenvalue weighted by Crippen LogP contribution is 2.40. The Kier molecular flexibility index (Phi) is 5.18. The Morgan fingerprint density at radius 2 is 1.90 bits per heavy atom. The van der Waals surface area contributed by atoms with Crippen molar-refractivity contribution in [2.24, 2.45) is 0 Å². The summed E-state index contributed by atoms with van der Waals surface area (Å²) in [5.74, 6) is -1.76. The van der Waals surface area contributed by atoms with E-state index in [-0.39, 0.29) is 5.78 Å². The molecule has 0 amide bonds. The molecule has 0 aliphatic rings. The SMILES string of the molecule is CCN(c1c(C(=O)O)cccc1C(F)(F)F)S(=O)(=O)c1nc2nc(C)cc(C)n2n1. The number of halogens is 3. The normalized spacial score (nSPS) is 12.3. The first kappa shape index (κ1) is 21.5. The largest absolute Gasteiger partial charge is 0.478 e. The molecule has 1 N–H and O–H groups in total. The zero-order valence-electron chi connectivity index (χ0n) is 16.0. The standard InChI is InChI=1S/C17H16F3N5O4S/c1-4-24(13-11(14(26)27)6-5-7-12(13)17(18,19)20)30(28,29)16-22-15-21-9(2)8-10(3)25(15)23-16/h5-8H,4H2,1-3H3,(H,26,27). The monoisotopic (exact) mass is 443 g/mol. The number of benzene rings is 1. The first-order valence-corrected chi connectivity index (χ1v) is 9.99. The zero-order valence-corrected chi connectivity index (χ0v) is 16.8. The maximum absolute atomic E-state index is 13.6. The summed E-state index contributed by atoms with van der Waals surface area (Å²) in [6, 6.07) is 4.04. The van der Waals surface area contributed by atoms with Crippen LogP contribution in [0, 0.1) is 13.8 Å². The second kappa shape index (κ2) is 7.23. The van der Waals surface area contributed by atoms with Gasteiger partial charge in [-0.25, -0.2) is 14.3 Å². The molecular weight excluding hydrogens is 427 g/mol. The summed E-state index contributed by atoms with van der Waals surface area (Å²) in [6.07, 6.45) is -4.99. The molecule has 0 spiro atoms. The van der Waals surface area contributed by atoms with Gasteiger partial charge in [0, 0.05) is 17.9 Å². The number of rotatable bonds is 5. The van der Waals surface area contributed by atoms with Gasteiger partial charge in [0.15, 0.2) is 0 Å². The van der Waals surface area contributed by atoms with Crippen molar-refractivity contribution in [3.63, 3.8) is 0 Å². The van der Waals surface area contributed by atoms with Gasteiger partial charge in [0.1, 0.15) is 0 Å². The Balaban J connectivity index is 2.29. The third kappa shape index (κ3) is 3.56. The number of carboxylic acids is 1. The lowest BCUT2D eigenvalue weighted by atomic mass is 10.1. The molecule has 0 bridgehead atoms. The molecule has 2 aromatic heterocycles. The molecule has 1 aromatic carbocycles. The van der Waals surface area contributed by atoms with E-state index in [4.69, 9.17) is 0 Å². The van der Waals surface area contributed by atoms with Crippen molar-refractivity contribution in [1.82, 2.24) is 19.6 Å². The number of aromatic carboxylic acids is 1. The van der Waals surface area contributed by atoms with Gasteiger partial charge in [-0.05, 0) is 39.0 Å². The van der Waals surface area contributed by atoms with Gasteiger partial charge in [-0.1, -0.05) is 6.07 Å². The van der Waals surface area contributed by atoms with E-state index in [0.717, 1.165) is 16.6 Å². The van der Waals surface area contributed by atoms with Gasteiger partial charge in [0.25, 0.3) is 10.9 Å². The van der Waals surface area contributed by atoms with Crippen LogP contribution < -0.4 is 4.31 Å². The number of aromatic nitrogens is 4. The van der Waals surface area contributed by atoms with Gasteiger partial charge < -0.3 is 5.11 Å². The van der Waals surface area contributed by atoms with Crippen molar-refractivity contribution < 1.29 is 31.5 Å². The number of carbonyl (C=O) groups is 1. The number of para-hydroxylation sites is 1. The number of sulfonamides is 1. The van der Waals surface area contributed by atoms with Crippen LogP contribution in [-0.2, 0) is 16.2 Å². The highest BCUT2D eigenvalue weighted by Gasteiger charge is 2.41. The summed E-state index contributed by atoms with van der Waals surface area (Å²) in [6.45, 7) is 4.08. The van der Waals surface area contributed by atoms with Gasteiger partial charge in [-0.2, -0.15) is 26.6 Å². The second-order valence-electron chi connectivity index (χ2n) is 6.32. The average molecular weight is 443 g/mol. The van der Waals surface area contributed by atoms with Crippen LogP contribution in [0.15, 0.2) is 29.4 Å². The fourth-order valence-corrected chi connectivity index (χ4v) is 4.37. The van der Waals surface area contributed by atoms with E-state index in [1.807, 2.05) is 0 Å². The topological polar surface area (TPSA) is 118 Å². The van der Waals surface area contributed by atoms with Gasteiger partial charge in [-0.15, -0.1) is 5.10 Å². The molecule has 3 rings (SSSR count). The Hall–Kier alpha value is -3.22. The van der Waals surface area contributed by atoms with Gasteiger partial charge in [0.05, 0.1) is 16.8 Å². The van der Waals surface area contributed by atoms with Crippen LogP contribution in [0.25, 0.3) is 5.78 Å². The zero-order chi connectivity index (χ0) is 22.4. The molecule has 0 saturated heterocycles. The van der Waals surface area contributed by atoms with Gasteiger partial charge in [0.2, 0.25) is 0 Å². The van der Waals surface area contributed by atoms with Crippen molar-refractivity contribution in [2.75, 3.05) is 10.8 Å². The molecule has 2 heterocycles. The van der Waals surface area contributed by atoms with E-state index in [0.29, 0.717) is 21.8 Å². The van der Waals surface area contributed by atoms with Crippen LogP contribution in [-0.4, -0.2) is 45.6 Å². The first-order valence-electron chi connectivity index (χ1n) is 8.55. The van der Waals surface area contributed by atoms with Crippen molar-refractivity contribution in [3.8, 4) is 0 Å². The van der Waals surface area contributed by atoms with Crippen LogP contribution in [0.2, 0.25) is 0 Å². The number of aryl methyl sites for hydroxylation is 2. The summed E-state index contributed by atoms with van der Waals surface area (Å²) >= 11 is 0. The van der Waals surface area contributed by atoms with Crippen molar-refractivity contribution in [2.45, 2.75) is 32.1 Å². The molecule has 0 fully saturated rings. The number of carboxylic acid groups (broad SMARTS) is 1. The second-order valence-corrected chi connectivity index (χ2v) is 8.08. The maximum atomic E-state index is 13.6. The minimum Gasteiger partial charge on any atom is -0.478 e. The highest BCUT2D eigenvalue weighted by molar-refractivity contribution is 7.92. The molecule has 0 radical (unpaired) electrons. The lowest BCUT2D eigenvalue weighted by molar-refractivity contribution is -0.137. The summed E-state index contributed by atoms with van der Waals surface area (Å²) in [7, 11) is -4.75. The summed E-state index contributed by atoms with van der Waals surface area (Å²) < 4.78 is 68.6. The van der Waals surface area contributed by atoms with Gasteiger partial charge in [-0.3, -0.25) is 4.31 Å². The minimum absolute atomic E-state index is 0.0512. The molecule has 9 nitrogen and oxygen atoms in total. The molecule has 3 aromatic rings. The van der Waals surface area contributed by atoms with Crippen LogP contribution in [0.4, 0.5) is 18.9 Å². The highest BCUT2D eigenvalue weighted by atomic mass is 32.2. The van der Waals surface area contributed by atoms with Crippen LogP contribution in [0.5, 0.6) is 0 Å². The minimum atomic E-state index is -4.99. The Bertz CT molecular complexity index is 1250. The molecule has 13 heteroatoms. The van der Waals surface area contributed by atoms with E-state index in [2.05, 4.69) is 15.1 Å². The quantitative estimate of drug-likeness (QED) is 0.644.